The molecule has 1 rings (SSSR count). The van der Waals surface area contributed by atoms with E-state index in [1.807, 2.05) is 0 Å². The highest BCUT2D eigenvalue weighted by Crippen LogP contribution is 1.81. The van der Waals surface area contributed by atoms with E-state index in [1.54, 1.807) is 0 Å². The Kier molecular flexibility index (Phi) is 2.00. The first kappa shape index (κ1) is 7.45. The Labute approximate surface area is 62.0 Å². The molecule has 11 heavy (non-hydrogen) atoms. The summed E-state index contributed by atoms with van der Waals surface area (Å²) >= 11 is 0. The summed E-state index contributed by atoms with van der Waals surface area (Å²) in [6, 6.07) is -0.732. The number of aliphatic carboxylic acids is 1. The van der Waals surface area contributed by atoms with Crippen molar-refractivity contribution in [2.75, 3.05) is 5.43 Å². The zero-order chi connectivity index (χ0) is 8.27. The molecular formula is C4H7N5O2. The number of aromatic nitrogens is 4. The molecule has 60 valence electrons. The SMILES string of the molecule is C[C@H](Nn1ncnn1)C(=O)O. The van der Waals surface area contributed by atoms with Gasteiger partial charge in [-0.2, -0.15) is 0 Å². The van der Waals surface area contributed by atoms with Crippen molar-refractivity contribution in [3.8, 4) is 0 Å². The second-order valence-electron chi connectivity index (χ2n) is 1.91. The molecule has 0 spiro atoms. The molecule has 7 heteroatoms. The first-order valence-electron chi connectivity index (χ1n) is 2.92. The van der Waals surface area contributed by atoms with E-state index in [1.165, 1.54) is 13.3 Å². The summed E-state index contributed by atoms with van der Waals surface area (Å²) < 4.78 is 0. The predicted octanol–water partition coefficient (Wildman–Crippen LogP) is -1.31. The van der Waals surface area contributed by atoms with E-state index in [0.717, 1.165) is 4.91 Å². The average molecular weight is 157 g/mol. The van der Waals surface area contributed by atoms with Gasteiger partial charge in [-0.25, -0.2) is 4.79 Å². The van der Waals surface area contributed by atoms with Gasteiger partial charge in [-0.05, 0) is 12.1 Å². The molecule has 0 bridgehead atoms. The number of tetrazole rings is 1. The second-order valence-corrected chi connectivity index (χ2v) is 1.91. The highest BCUT2D eigenvalue weighted by atomic mass is 16.4. The Bertz CT molecular complexity index is 233. The van der Waals surface area contributed by atoms with E-state index in [-0.39, 0.29) is 0 Å². The molecule has 0 unspecified atom stereocenters. The summed E-state index contributed by atoms with van der Waals surface area (Å²) in [6.45, 7) is 1.48. The summed E-state index contributed by atoms with van der Waals surface area (Å²) in [6.07, 6.45) is 1.21. The highest BCUT2D eigenvalue weighted by molar-refractivity contribution is 5.74. The normalized spacial score (nSPS) is 12.5. The van der Waals surface area contributed by atoms with Gasteiger partial charge in [-0.15, -0.1) is 10.2 Å². The van der Waals surface area contributed by atoms with Gasteiger partial charge in [0.05, 0.1) is 0 Å². The standard InChI is InChI=1S/C4H7N5O2/c1-3(4(10)11)7-9-6-2-5-8-9/h2-3,7H,1H3,(H,10,11)/t3-/m0/s1. The number of carbonyl (C=O) groups is 1. The van der Waals surface area contributed by atoms with E-state index in [4.69, 9.17) is 5.11 Å². The molecule has 0 radical (unpaired) electrons. The summed E-state index contributed by atoms with van der Waals surface area (Å²) in [7, 11) is 0. The summed E-state index contributed by atoms with van der Waals surface area (Å²) in [5.74, 6) is -0.970. The van der Waals surface area contributed by atoms with Crippen LogP contribution in [-0.2, 0) is 4.79 Å². The van der Waals surface area contributed by atoms with E-state index in [0.29, 0.717) is 0 Å². The number of nitrogens with zero attached hydrogens (tertiary/aromatic N) is 4. The van der Waals surface area contributed by atoms with Crippen LogP contribution in [0.2, 0.25) is 0 Å². The molecule has 2 N–H and O–H groups in total. The van der Waals surface area contributed by atoms with Crippen LogP contribution in [0.1, 0.15) is 6.92 Å². The van der Waals surface area contributed by atoms with Crippen molar-refractivity contribution in [2.45, 2.75) is 13.0 Å². The monoisotopic (exact) mass is 157 g/mol. The lowest BCUT2D eigenvalue weighted by Crippen LogP contribution is -2.33. The molecule has 0 saturated heterocycles. The largest absolute Gasteiger partial charge is 0.480 e. The molecule has 1 aromatic heterocycles. The van der Waals surface area contributed by atoms with Gasteiger partial charge in [0.15, 0.2) is 6.33 Å². The fourth-order valence-corrected chi connectivity index (χ4v) is 0.455. The number of nitrogens with one attached hydrogen (secondary N) is 1. The van der Waals surface area contributed by atoms with E-state index < -0.39 is 12.0 Å². The Balaban J connectivity index is 2.50. The molecule has 0 aliphatic carbocycles. The van der Waals surface area contributed by atoms with Crippen molar-refractivity contribution < 1.29 is 9.90 Å². The van der Waals surface area contributed by atoms with Crippen molar-refractivity contribution in [1.82, 2.24) is 20.3 Å². The van der Waals surface area contributed by atoms with Gasteiger partial charge < -0.3 is 5.11 Å². The van der Waals surface area contributed by atoms with Gasteiger partial charge in [0.2, 0.25) is 0 Å². The van der Waals surface area contributed by atoms with E-state index in [2.05, 4.69) is 20.8 Å². The highest BCUT2D eigenvalue weighted by Gasteiger charge is 2.09. The third-order valence-electron chi connectivity index (χ3n) is 1.03. The fourth-order valence-electron chi connectivity index (χ4n) is 0.455. The van der Waals surface area contributed by atoms with Gasteiger partial charge >= 0.3 is 5.97 Å². The second kappa shape index (κ2) is 2.95. The van der Waals surface area contributed by atoms with E-state index in [9.17, 15) is 4.79 Å². The van der Waals surface area contributed by atoms with Crippen LogP contribution in [0.25, 0.3) is 0 Å². The lowest BCUT2D eigenvalue weighted by molar-refractivity contribution is -0.137. The number of carboxylic acid groups (broad SMARTS) is 1. The van der Waals surface area contributed by atoms with Crippen LogP contribution in [-0.4, -0.2) is 37.4 Å². The number of hydrogen-bond donors (Lipinski definition) is 2. The summed E-state index contributed by atoms with van der Waals surface area (Å²) in [5.41, 5.74) is 2.45. The summed E-state index contributed by atoms with van der Waals surface area (Å²) in [5, 5.41) is 18.8. The van der Waals surface area contributed by atoms with Gasteiger partial charge in [0, 0.05) is 0 Å². The lowest BCUT2D eigenvalue weighted by Gasteiger charge is -2.06. The molecule has 7 nitrogen and oxygen atoms in total. The van der Waals surface area contributed by atoms with Crippen LogP contribution in [0, 0.1) is 0 Å². The predicted molar refractivity (Wildman–Crippen MR) is 34.3 cm³/mol. The maximum Gasteiger partial charge on any atom is 0.327 e. The van der Waals surface area contributed by atoms with Crippen molar-refractivity contribution >= 4 is 5.97 Å². The van der Waals surface area contributed by atoms with Gasteiger partial charge in [0.25, 0.3) is 0 Å². The molecule has 1 atom stereocenters. The smallest absolute Gasteiger partial charge is 0.327 e. The van der Waals surface area contributed by atoms with Crippen LogP contribution < -0.4 is 5.43 Å². The van der Waals surface area contributed by atoms with E-state index >= 15 is 0 Å². The maximum absolute atomic E-state index is 10.3. The third-order valence-corrected chi connectivity index (χ3v) is 1.03. The molecule has 0 aliphatic heterocycles. The molecule has 0 fully saturated rings. The lowest BCUT2D eigenvalue weighted by atomic mass is 10.4. The average Bonchev–Trinajstić information content (AvgIpc) is 2.39. The molecule has 0 aromatic carbocycles. The van der Waals surface area contributed by atoms with Crippen LogP contribution >= 0.6 is 0 Å². The summed E-state index contributed by atoms with van der Waals surface area (Å²) in [4.78, 5) is 11.3. The van der Waals surface area contributed by atoms with Crippen molar-refractivity contribution in [1.29, 1.82) is 0 Å². The Hall–Kier alpha value is -1.66. The molecule has 1 heterocycles. The molecule has 0 amide bonds. The first-order chi connectivity index (χ1) is 5.20. The minimum Gasteiger partial charge on any atom is -0.480 e. The van der Waals surface area contributed by atoms with Crippen molar-refractivity contribution in [3.05, 3.63) is 6.33 Å². The van der Waals surface area contributed by atoms with Crippen LogP contribution in [0.3, 0.4) is 0 Å². The first-order valence-corrected chi connectivity index (χ1v) is 2.92. The fraction of sp³-hybridized carbons (Fsp3) is 0.500. The number of carboxylic acids is 1. The molecule has 0 aliphatic rings. The number of rotatable bonds is 3. The zero-order valence-corrected chi connectivity index (χ0v) is 5.80. The van der Waals surface area contributed by atoms with Crippen LogP contribution in [0.15, 0.2) is 6.33 Å². The number of hydrogen-bond acceptors (Lipinski definition) is 5. The van der Waals surface area contributed by atoms with Crippen LogP contribution in [0.5, 0.6) is 0 Å². The molecular weight excluding hydrogens is 150 g/mol. The third kappa shape index (κ3) is 1.88. The Morgan fingerprint density at radius 1 is 1.82 bits per heavy atom. The molecule has 0 saturated carbocycles. The van der Waals surface area contributed by atoms with Gasteiger partial charge in [0.1, 0.15) is 6.04 Å². The van der Waals surface area contributed by atoms with Crippen molar-refractivity contribution in [3.63, 3.8) is 0 Å². The zero-order valence-electron chi connectivity index (χ0n) is 5.80. The minimum atomic E-state index is -0.970. The van der Waals surface area contributed by atoms with Gasteiger partial charge in [-0.1, -0.05) is 4.91 Å². The van der Waals surface area contributed by atoms with Gasteiger partial charge in [-0.3, -0.25) is 5.43 Å². The quantitative estimate of drug-likeness (QED) is 0.565. The minimum absolute atomic E-state index is 0.732. The van der Waals surface area contributed by atoms with Crippen molar-refractivity contribution in [2.24, 2.45) is 0 Å². The molecule has 1 aromatic rings. The Morgan fingerprint density at radius 2 is 2.55 bits per heavy atom. The Morgan fingerprint density at radius 3 is 3.00 bits per heavy atom. The topological polar surface area (TPSA) is 92.9 Å². The van der Waals surface area contributed by atoms with Crippen LogP contribution in [0.4, 0.5) is 0 Å². The maximum atomic E-state index is 10.3.